The Labute approximate surface area is 128 Å². The zero-order chi connectivity index (χ0) is 14.7. The van der Waals surface area contributed by atoms with Gasteiger partial charge in [0.05, 0.1) is 18.2 Å². The van der Waals surface area contributed by atoms with Crippen LogP contribution in [0.2, 0.25) is 0 Å². The van der Waals surface area contributed by atoms with Gasteiger partial charge in [-0.3, -0.25) is 0 Å². The zero-order valence-corrected chi connectivity index (χ0v) is 13.3. The molecule has 1 saturated carbocycles. The number of benzene rings is 1. The van der Waals surface area contributed by atoms with Crippen molar-refractivity contribution in [2.75, 3.05) is 20.3 Å². The Hall–Kier alpha value is -1.06. The summed E-state index contributed by atoms with van der Waals surface area (Å²) in [7, 11) is 1.87. The summed E-state index contributed by atoms with van der Waals surface area (Å²) in [6.45, 7) is 4.04. The molecule has 2 aliphatic rings. The summed E-state index contributed by atoms with van der Waals surface area (Å²) in [5, 5.41) is 3.74. The first-order chi connectivity index (χ1) is 10.3. The summed E-state index contributed by atoms with van der Waals surface area (Å²) >= 11 is 0. The van der Waals surface area contributed by atoms with Crippen molar-refractivity contribution in [3.8, 4) is 5.75 Å². The van der Waals surface area contributed by atoms with Gasteiger partial charge < -0.3 is 14.8 Å². The standard InChI is InChI=1S/C18H27NO2/c1-3-12-19-17(18(20-2)10-4-5-11-18)15-8-6-7-14-9-13-21-16(14)15/h6-8,17,19H,3-5,9-13H2,1-2H3. The number of fused-ring (bicyclic) bond motifs is 1. The second kappa shape index (κ2) is 6.37. The van der Waals surface area contributed by atoms with Crippen LogP contribution in [0.1, 0.15) is 56.2 Å². The lowest BCUT2D eigenvalue weighted by Crippen LogP contribution is -2.44. The molecule has 0 saturated heterocycles. The maximum atomic E-state index is 6.05. The Morgan fingerprint density at radius 3 is 2.86 bits per heavy atom. The van der Waals surface area contributed by atoms with Gasteiger partial charge in [-0.2, -0.15) is 0 Å². The number of rotatable bonds is 6. The molecule has 1 aliphatic heterocycles. The third-order valence-corrected chi connectivity index (χ3v) is 5.04. The highest BCUT2D eigenvalue weighted by molar-refractivity contribution is 5.46. The molecule has 1 aromatic carbocycles. The number of nitrogens with one attached hydrogen (secondary N) is 1. The lowest BCUT2D eigenvalue weighted by molar-refractivity contribution is -0.0372. The van der Waals surface area contributed by atoms with Crippen molar-refractivity contribution >= 4 is 0 Å². The van der Waals surface area contributed by atoms with E-state index in [4.69, 9.17) is 9.47 Å². The molecule has 0 aromatic heterocycles. The van der Waals surface area contributed by atoms with Gasteiger partial charge in [0, 0.05) is 19.1 Å². The van der Waals surface area contributed by atoms with Crippen LogP contribution in [0.5, 0.6) is 5.75 Å². The highest BCUT2D eigenvalue weighted by Crippen LogP contribution is 2.46. The molecule has 3 nitrogen and oxygen atoms in total. The van der Waals surface area contributed by atoms with E-state index in [1.165, 1.54) is 24.0 Å². The summed E-state index contributed by atoms with van der Waals surface area (Å²) in [6.07, 6.45) is 6.95. The Kier molecular flexibility index (Phi) is 4.51. The molecule has 0 radical (unpaired) electrons. The second-order valence-corrected chi connectivity index (χ2v) is 6.30. The predicted molar refractivity (Wildman–Crippen MR) is 84.9 cm³/mol. The Balaban J connectivity index is 1.97. The quantitative estimate of drug-likeness (QED) is 0.867. The molecule has 21 heavy (non-hydrogen) atoms. The van der Waals surface area contributed by atoms with Crippen molar-refractivity contribution in [3.63, 3.8) is 0 Å². The van der Waals surface area contributed by atoms with Crippen LogP contribution < -0.4 is 10.1 Å². The smallest absolute Gasteiger partial charge is 0.127 e. The summed E-state index contributed by atoms with van der Waals surface area (Å²) in [5.41, 5.74) is 2.57. The molecular formula is C18H27NO2. The molecule has 116 valence electrons. The van der Waals surface area contributed by atoms with Crippen LogP contribution in [0.25, 0.3) is 0 Å². The highest BCUT2D eigenvalue weighted by atomic mass is 16.5. The van der Waals surface area contributed by atoms with E-state index in [-0.39, 0.29) is 11.6 Å². The van der Waals surface area contributed by atoms with Gasteiger partial charge in [-0.15, -0.1) is 0 Å². The topological polar surface area (TPSA) is 30.5 Å². The van der Waals surface area contributed by atoms with Crippen LogP contribution >= 0.6 is 0 Å². The van der Waals surface area contributed by atoms with Crippen molar-refractivity contribution in [2.24, 2.45) is 0 Å². The van der Waals surface area contributed by atoms with E-state index in [1.54, 1.807) is 0 Å². The van der Waals surface area contributed by atoms with Gasteiger partial charge in [0.1, 0.15) is 5.75 Å². The maximum absolute atomic E-state index is 6.05. The first-order valence-corrected chi connectivity index (χ1v) is 8.34. The second-order valence-electron chi connectivity index (χ2n) is 6.30. The molecular weight excluding hydrogens is 262 g/mol. The summed E-state index contributed by atoms with van der Waals surface area (Å²) < 4.78 is 12.0. The van der Waals surface area contributed by atoms with Crippen LogP contribution in [0.15, 0.2) is 18.2 Å². The molecule has 1 unspecified atom stereocenters. The fourth-order valence-corrected chi connectivity index (χ4v) is 3.92. The highest BCUT2D eigenvalue weighted by Gasteiger charge is 2.43. The van der Waals surface area contributed by atoms with E-state index in [1.807, 2.05) is 7.11 Å². The fraction of sp³-hybridized carbons (Fsp3) is 0.667. The number of para-hydroxylation sites is 1. The van der Waals surface area contributed by atoms with Gasteiger partial charge >= 0.3 is 0 Å². The van der Waals surface area contributed by atoms with Crippen LogP contribution in [0.4, 0.5) is 0 Å². The first kappa shape index (κ1) is 14.9. The fourth-order valence-electron chi connectivity index (χ4n) is 3.92. The minimum absolute atomic E-state index is 0.0732. The minimum atomic E-state index is -0.0732. The molecule has 1 N–H and O–H groups in total. The van der Waals surface area contributed by atoms with Crippen molar-refractivity contribution in [3.05, 3.63) is 29.3 Å². The van der Waals surface area contributed by atoms with Gasteiger partial charge in [-0.25, -0.2) is 0 Å². The van der Waals surface area contributed by atoms with Crippen molar-refractivity contribution in [1.82, 2.24) is 5.32 Å². The molecule has 1 aromatic rings. The molecule has 1 fully saturated rings. The molecule has 3 rings (SSSR count). The third-order valence-electron chi connectivity index (χ3n) is 5.04. The lowest BCUT2D eigenvalue weighted by Gasteiger charge is -2.38. The molecule has 0 bridgehead atoms. The normalized spacial score (nSPS) is 21.0. The Morgan fingerprint density at radius 2 is 2.14 bits per heavy atom. The number of methoxy groups -OCH3 is 1. The van der Waals surface area contributed by atoms with E-state index in [2.05, 4.69) is 30.4 Å². The summed E-state index contributed by atoms with van der Waals surface area (Å²) in [6, 6.07) is 6.81. The average Bonchev–Trinajstić information content (AvgIpc) is 3.17. The number of hydrogen-bond donors (Lipinski definition) is 1. The van der Waals surface area contributed by atoms with Crippen LogP contribution in [0, 0.1) is 0 Å². The molecule has 1 atom stereocenters. The summed E-state index contributed by atoms with van der Waals surface area (Å²) in [5.74, 6) is 1.11. The monoisotopic (exact) mass is 289 g/mol. The minimum Gasteiger partial charge on any atom is -0.493 e. The largest absolute Gasteiger partial charge is 0.493 e. The Bertz CT molecular complexity index is 480. The van der Waals surface area contributed by atoms with E-state index >= 15 is 0 Å². The van der Waals surface area contributed by atoms with E-state index in [0.717, 1.165) is 44.6 Å². The van der Waals surface area contributed by atoms with E-state index in [0.29, 0.717) is 0 Å². The average molecular weight is 289 g/mol. The Morgan fingerprint density at radius 1 is 1.33 bits per heavy atom. The molecule has 0 amide bonds. The molecule has 1 aliphatic carbocycles. The van der Waals surface area contributed by atoms with Gasteiger partial charge in [0.15, 0.2) is 0 Å². The summed E-state index contributed by atoms with van der Waals surface area (Å²) in [4.78, 5) is 0. The number of hydrogen-bond acceptors (Lipinski definition) is 3. The lowest BCUT2D eigenvalue weighted by atomic mass is 9.85. The van der Waals surface area contributed by atoms with Crippen LogP contribution in [-0.2, 0) is 11.2 Å². The van der Waals surface area contributed by atoms with Gasteiger partial charge in [0.25, 0.3) is 0 Å². The van der Waals surface area contributed by atoms with E-state index < -0.39 is 0 Å². The SMILES string of the molecule is CCCNC(c1cccc2c1OCC2)C1(OC)CCCC1. The van der Waals surface area contributed by atoms with Gasteiger partial charge in [-0.1, -0.05) is 38.0 Å². The van der Waals surface area contributed by atoms with Crippen molar-refractivity contribution in [2.45, 2.75) is 57.1 Å². The van der Waals surface area contributed by atoms with Crippen LogP contribution in [-0.4, -0.2) is 25.9 Å². The molecule has 0 spiro atoms. The van der Waals surface area contributed by atoms with Crippen molar-refractivity contribution in [1.29, 1.82) is 0 Å². The number of ether oxygens (including phenoxy) is 2. The van der Waals surface area contributed by atoms with Crippen molar-refractivity contribution < 1.29 is 9.47 Å². The van der Waals surface area contributed by atoms with E-state index in [9.17, 15) is 0 Å². The molecule has 1 heterocycles. The first-order valence-electron chi connectivity index (χ1n) is 8.34. The van der Waals surface area contributed by atoms with Gasteiger partial charge in [-0.05, 0) is 31.4 Å². The third kappa shape index (κ3) is 2.69. The predicted octanol–water partition coefficient (Wildman–Crippen LogP) is 3.62. The van der Waals surface area contributed by atoms with Gasteiger partial charge in [0.2, 0.25) is 0 Å². The molecule has 3 heteroatoms. The van der Waals surface area contributed by atoms with Crippen LogP contribution in [0.3, 0.4) is 0 Å². The maximum Gasteiger partial charge on any atom is 0.127 e. The zero-order valence-electron chi connectivity index (χ0n) is 13.3.